The van der Waals surface area contributed by atoms with Gasteiger partial charge in [0.2, 0.25) is 0 Å². The van der Waals surface area contributed by atoms with Gasteiger partial charge in [-0.3, -0.25) is 0 Å². The van der Waals surface area contributed by atoms with Crippen LogP contribution in [0.25, 0.3) is 6.08 Å². The lowest BCUT2D eigenvalue weighted by molar-refractivity contribution is 1.41. The summed E-state index contributed by atoms with van der Waals surface area (Å²) in [6.45, 7) is 0. The van der Waals surface area contributed by atoms with E-state index in [-0.39, 0.29) is 0 Å². The third-order valence-electron chi connectivity index (χ3n) is 2.47. The summed E-state index contributed by atoms with van der Waals surface area (Å²) < 4.78 is 0. The molecule has 0 aromatic heterocycles. The van der Waals surface area contributed by atoms with E-state index in [1.807, 2.05) is 42.5 Å². The van der Waals surface area contributed by atoms with Gasteiger partial charge >= 0.3 is 0 Å². The summed E-state index contributed by atoms with van der Waals surface area (Å²) in [6.07, 6.45) is 18.9. The molecule has 0 saturated heterocycles. The molecule has 2 heteroatoms. The van der Waals surface area contributed by atoms with Crippen LogP contribution in [0.5, 0.6) is 0 Å². The molecule has 0 radical (unpaired) electrons. The van der Waals surface area contributed by atoms with Gasteiger partial charge in [-0.05, 0) is 24.1 Å². The molecule has 1 aromatic carbocycles. The van der Waals surface area contributed by atoms with E-state index in [9.17, 15) is 0 Å². The van der Waals surface area contributed by atoms with E-state index in [1.165, 1.54) is 5.56 Å². The fraction of sp³-hybridized carbons (Fsp3) is 0.0625. The van der Waals surface area contributed by atoms with Gasteiger partial charge in [0.05, 0.1) is 6.34 Å². The molecule has 1 aliphatic carbocycles. The highest BCUT2D eigenvalue weighted by atomic mass is 14.9. The molecule has 90 valence electrons. The molecule has 1 aliphatic heterocycles. The standard InChI is InChI=1S/C9H8N2.C7H8/c1-2-4-9-8(3-1)5-6-10-7-11-9;1-2-4-6-7-5-3-1/h1-7H,(H,10,11);1-6H,7H2. The van der Waals surface area contributed by atoms with E-state index in [0.717, 1.165) is 12.1 Å². The summed E-state index contributed by atoms with van der Waals surface area (Å²) in [4.78, 5) is 3.97. The number of para-hydroxylation sites is 1. The zero-order valence-electron chi connectivity index (χ0n) is 10.2. The van der Waals surface area contributed by atoms with Crippen molar-refractivity contribution in [3.05, 3.63) is 72.5 Å². The maximum Gasteiger partial charge on any atom is 0.0923 e. The fourth-order valence-electron chi connectivity index (χ4n) is 1.57. The Balaban J connectivity index is 0.000000149. The molecule has 18 heavy (non-hydrogen) atoms. The number of anilines is 1. The summed E-state index contributed by atoms with van der Waals surface area (Å²) in [5, 5.41) is 3.07. The second-order valence-electron chi connectivity index (χ2n) is 3.80. The van der Waals surface area contributed by atoms with Crippen LogP contribution in [0.2, 0.25) is 0 Å². The molecule has 0 unspecified atom stereocenters. The van der Waals surface area contributed by atoms with Crippen molar-refractivity contribution >= 4 is 18.1 Å². The molecule has 1 aromatic rings. The Morgan fingerprint density at radius 1 is 0.944 bits per heavy atom. The van der Waals surface area contributed by atoms with Crippen LogP contribution in [0.4, 0.5) is 5.69 Å². The summed E-state index contributed by atoms with van der Waals surface area (Å²) in [7, 11) is 0. The van der Waals surface area contributed by atoms with Crippen molar-refractivity contribution in [3.63, 3.8) is 0 Å². The molecule has 0 atom stereocenters. The molecule has 0 saturated carbocycles. The number of fused-ring (bicyclic) bond motifs is 1. The Hall–Kier alpha value is -2.35. The van der Waals surface area contributed by atoms with Crippen molar-refractivity contribution in [2.45, 2.75) is 6.42 Å². The zero-order valence-corrected chi connectivity index (χ0v) is 10.2. The molecule has 1 heterocycles. The largest absolute Gasteiger partial charge is 0.346 e. The van der Waals surface area contributed by atoms with Crippen molar-refractivity contribution < 1.29 is 0 Å². The Labute approximate surface area is 108 Å². The molecule has 0 amide bonds. The van der Waals surface area contributed by atoms with Gasteiger partial charge in [-0.2, -0.15) is 0 Å². The van der Waals surface area contributed by atoms with Gasteiger partial charge in [-0.25, -0.2) is 4.99 Å². The first-order valence-corrected chi connectivity index (χ1v) is 5.99. The number of allylic oxidation sites excluding steroid dienone is 6. The number of nitrogens with zero attached hydrogens (tertiary/aromatic N) is 1. The highest BCUT2D eigenvalue weighted by Gasteiger charge is 1.96. The number of rotatable bonds is 0. The van der Waals surface area contributed by atoms with Crippen LogP contribution < -0.4 is 5.32 Å². The summed E-state index contributed by atoms with van der Waals surface area (Å²) in [5.74, 6) is 0. The highest BCUT2D eigenvalue weighted by molar-refractivity contribution is 5.83. The third kappa shape index (κ3) is 3.91. The van der Waals surface area contributed by atoms with E-state index in [4.69, 9.17) is 0 Å². The topological polar surface area (TPSA) is 24.4 Å². The molecular formula is C16H16N2. The molecule has 0 bridgehead atoms. The van der Waals surface area contributed by atoms with Gasteiger partial charge in [0.25, 0.3) is 0 Å². The zero-order chi connectivity index (χ0) is 12.5. The molecule has 0 spiro atoms. The van der Waals surface area contributed by atoms with E-state index in [1.54, 1.807) is 12.5 Å². The van der Waals surface area contributed by atoms with Crippen LogP contribution in [-0.2, 0) is 0 Å². The Bertz CT molecular complexity index is 506. The summed E-state index contributed by atoms with van der Waals surface area (Å²) >= 11 is 0. The predicted molar refractivity (Wildman–Crippen MR) is 79.6 cm³/mol. The average molecular weight is 236 g/mol. The highest BCUT2D eigenvalue weighted by Crippen LogP contribution is 2.16. The van der Waals surface area contributed by atoms with Gasteiger partial charge in [0.1, 0.15) is 0 Å². The van der Waals surface area contributed by atoms with Crippen LogP contribution in [0.3, 0.4) is 0 Å². The first-order valence-electron chi connectivity index (χ1n) is 5.99. The quantitative estimate of drug-likeness (QED) is 0.718. The molecule has 3 rings (SSSR count). The normalized spacial score (nSPS) is 14.9. The van der Waals surface area contributed by atoms with Gasteiger partial charge < -0.3 is 5.32 Å². The van der Waals surface area contributed by atoms with E-state index < -0.39 is 0 Å². The molecule has 0 fully saturated rings. The second kappa shape index (κ2) is 7.07. The van der Waals surface area contributed by atoms with Crippen molar-refractivity contribution in [1.82, 2.24) is 0 Å². The first kappa shape index (κ1) is 12.1. The van der Waals surface area contributed by atoms with Gasteiger partial charge in [-0.1, -0.05) is 54.7 Å². The smallest absolute Gasteiger partial charge is 0.0923 e. The molecular weight excluding hydrogens is 220 g/mol. The maximum absolute atomic E-state index is 3.97. The number of benzene rings is 1. The summed E-state index contributed by atoms with van der Waals surface area (Å²) in [5.41, 5.74) is 2.27. The van der Waals surface area contributed by atoms with E-state index in [0.29, 0.717) is 0 Å². The summed E-state index contributed by atoms with van der Waals surface area (Å²) in [6, 6.07) is 8.08. The lowest BCUT2D eigenvalue weighted by Gasteiger charge is -2.01. The average Bonchev–Trinajstić information content (AvgIpc) is 2.84. The second-order valence-corrected chi connectivity index (χ2v) is 3.80. The van der Waals surface area contributed by atoms with Crippen LogP contribution in [0, 0.1) is 0 Å². The predicted octanol–water partition coefficient (Wildman–Crippen LogP) is 4.17. The first-order chi connectivity index (χ1) is 8.97. The number of aliphatic imine (C=N–C) groups is 1. The minimum absolute atomic E-state index is 1.08. The number of hydrogen-bond acceptors (Lipinski definition) is 2. The van der Waals surface area contributed by atoms with Gasteiger partial charge in [0.15, 0.2) is 0 Å². The lowest BCUT2D eigenvalue weighted by atomic mass is 10.2. The molecule has 2 nitrogen and oxygen atoms in total. The minimum atomic E-state index is 1.08. The van der Waals surface area contributed by atoms with Gasteiger partial charge in [0, 0.05) is 11.9 Å². The molecule has 1 N–H and O–H groups in total. The van der Waals surface area contributed by atoms with Crippen molar-refractivity contribution in [2.24, 2.45) is 4.99 Å². The Kier molecular flexibility index (Phi) is 4.76. The van der Waals surface area contributed by atoms with Crippen molar-refractivity contribution in [3.8, 4) is 0 Å². The monoisotopic (exact) mass is 236 g/mol. The third-order valence-corrected chi connectivity index (χ3v) is 2.47. The van der Waals surface area contributed by atoms with Gasteiger partial charge in [-0.15, -0.1) is 0 Å². The maximum atomic E-state index is 3.97. The minimum Gasteiger partial charge on any atom is -0.346 e. The van der Waals surface area contributed by atoms with Crippen LogP contribution >= 0.6 is 0 Å². The Morgan fingerprint density at radius 3 is 2.56 bits per heavy atom. The van der Waals surface area contributed by atoms with Crippen molar-refractivity contribution in [2.75, 3.05) is 5.32 Å². The Morgan fingerprint density at radius 2 is 1.72 bits per heavy atom. The molecule has 2 aliphatic rings. The van der Waals surface area contributed by atoms with Crippen molar-refractivity contribution in [1.29, 1.82) is 0 Å². The van der Waals surface area contributed by atoms with Crippen LogP contribution in [0.15, 0.2) is 71.9 Å². The van der Waals surface area contributed by atoms with Crippen LogP contribution in [-0.4, -0.2) is 6.34 Å². The van der Waals surface area contributed by atoms with E-state index >= 15 is 0 Å². The number of nitrogens with one attached hydrogen (secondary N) is 1. The van der Waals surface area contributed by atoms with Crippen LogP contribution in [0.1, 0.15) is 12.0 Å². The fourth-order valence-corrected chi connectivity index (χ4v) is 1.57. The SMILES string of the molecule is C1=CC=CCC=C1.C1=Cc2ccccc2NC=N1. The number of hydrogen-bond donors (Lipinski definition) is 1. The van der Waals surface area contributed by atoms with E-state index in [2.05, 4.69) is 34.6 Å². The lowest BCUT2D eigenvalue weighted by Crippen LogP contribution is -1.93.